The third kappa shape index (κ3) is 5.43. The fourth-order valence-corrected chi connectivity index (χ4v) is 7.92. The Labute approximate surface area is 242 Å². The number of nitrogens with one attached hydrogen (secondary N) is 1. The monoisotopic (exact) mass is 580 g/mol. The molecule has 0 aromatic heterocycles. The van der Waals surface area contributed by atoms with Crippen molar-refractivity contribution in [3.63, 3.8) is 0 Å². The van der Waals surface area contributed by atoms with E-state index in [4.69, 9.17) is 5.73 Å². The molecule has 41 heavy (non-hydrogen) atoms. The SMILES string of the molecule is CCCCC1(CCCC)NS(=O)(=O)c2ccc(N(C)C)cc2[C@@](c2cccc(N)c2)(c2cccc([N+](=O)[O-])c2)[C@H]1O. The highest BCUT2D eigenvalue weighted by atomic mass is 32.2. The lowest BCUT2D eigenvalue weighted by Crippen LogP contribution is -2.62. The Bertz CT molecular complexity index is 1520. The standard InChI is InChI=1S/C31H40N4O5S/c1-5-7-17-30(18-8-6-2)29(36)31(22-11-9-13-24(32)19-22,23-12-10-14-26(20-23)35(37)38)27-21-25(34(3)4)15-16-28(27)41(39,40)33-30/h9-16,19-21,29,33,36H,5-8,17-18,32H2,1-4H3/t29-,31+/m0/s1. The molecule has 220 valence electrons. The van der Waals surface area contributed by atoms with E-state index in [1.165, 1.54) is 12.1 Å². The number of nitrogens with zero attached hydrogens (tertiary/aromatic N) is 2. The number of fused-ring (bicyclic) bond motifs is 1. The highest BCUT2D eigenvalue weighted by Crippen LogP contribution is 2.53. The van der Waals surface area contributed by atoms with Crippen molar-refractivity contribution in [2.45, 2.75) is 74.3 Å². The molecule has 2 atom stereocenters. The van der Waals surface area contributed by atoms with Gasteiger partial charge in [-0.25, -0.2) is 13.1 Å². The summed E-state index contributed by atoms with van der Waals surface area (Å²) in [7, 11) is -0.437. The molecule has 0 bridgehead atoms. The van der Waals surface area contributed by atoms with Crippen LogP contribution in [0.2, 0.25) is 0 Å². The van der Waals surface area contributed by atoms with E-state index in [2.05, 4.69) is 4.72 Å². The fraction of sp³-hybridized carbons (Fsp3) is 0.419. The number of hydrogen-bond acceptors (Lipinski definition) is 7. The molecule has 0 aliphatic carbocycles. The first-order valence-corrected chi connectivity index (χ1v) is 15.6. The molecule has 0 spiro atoms. The topological polar surface area (TPSA) is 139 Å². The summed E-state index contributed by atoms with van der Waals surface area (Å²) in [4.78, 5) is 13.4. The van der Waals surface area contributed by atoms with Crippen LogP contribution in [0, 0.1) is 10.1 Å². The number of nitro benzene ring substituents is 1. The van der Waals surface area contributed by atoms with Gasteiger partial charge in [-0.2, -0.15) is 0 Å². The Balaban J connectivity index is 2.27. The number of hydrogen-bond donors (Lipinski definition) is 3. The molecule has 0 fully saturated rings. The number of anilines is 2. The molecule has 1 aliphatic rings. The molecule has 4 N–H and O–H groups in total. The number of unbranched alkanes of at least 4 members (excludes halogenated alkanes) is 2. The van der Waals surface area contributed by atoms with Crippen LogP contribution in [0.5, 0.6) is 0 Å². The quantitative estimate of drug-likeness (QED) is 0.167. The molecule has 0 saturated heterocycles. The summed E-state index contributed by atoms with van der Waals surface area (Å²) in [6, 6.07) is 18.2. The largest absolute Gasteiger partial charge is 0.399 e. The molecule has 0 amide bonds. The molecule has 1 aliphatic heterocycles. The van der Waals surface area contributed by atoms with Crippen LogP contribution in [0.25, 0.3) is 0 Å². The Morgan fingerprint density at radius 3 is 2.15 bits per heavy atom. The van der Waals surface area contributed by atoms with Crippen molar-refractivity contribution < 1.29 is 18.4 Å². The Morgan fingerprint density at radius 2 is 1.59 bits per heavy atom. The van der Waals surface area contributed by atoms with Crippen LogP contribution in [-0.4, -0.2) is 44.2 Å². The predicted molar refractivity (Wildman–Crippen MR) is 163 cm³/mol. The number of aliphatic hydroxyl groups is 1. The maximum absolute atomic E-state index is 14.3. The van der Waals surface area contributed by atoms with Gasteiger partial charge in [0.15, 0.2) is 0 Å². The predicted octanol–water partition coefficient (Wildman–Crippen LogP) is 5.35. The van der Waals surface area contributed by atoms with Crippen LogP contribution in [0.1, 0.15) is 69.1 Å². The van der Waals surface area contributed by atoms with Gasteiger partial charge in [0, 0.05) is 37.6 Å². The van der Waals surface area contributed by atoms with Crippen molar-refractivity contribution in [1.82, 2.24) is 4.72 Å². The smallest absolute Gasteiger partial charge is 0.269 e. The van der Waals surface area contributed by atoms with Gasteiger partial charge in [0.25, 0.3) is 5.69 Å². The molecule has 3 aromatic rings. The van der Waals surface area contributed by atoms with Crippen LogP contribution in [-0.2, 0) is 15.4 Å². The number of rotatable bonds is 10. The molecule has 4 rings (SSSR count). The molecule has 0 radical (unpaired) electrons. The first-order valence-electron chi connectivity index (χ1n) is 14.1. The number of nitrogen functional groups attached to an aromatic ring is 1. The van der Waals surface area contributed by atoms with Gasteiger partial charge >= 0.3 is 0 Å². The lowest BCUT2D eigenvalue weighted by molar-refractivity contribution is -0.385. The maximum atomic E-state index is 14.3. The molecular weight excluding hydrogens is 540 g/mol. The summed E-state index contributed by atoms with van der Waals surface area (Å²) >= 11 is 0. The lowest BCUT2D eigenvalue weighted by Gasteiger charge is -2.48. The van der Waals surface area contributed by atoms with Crippen LogP contribution < -0.4 is 15.4 Å². The molecule has 9 nitrogen and oxygen atoms in total. The molecule has 1 heterocycles. The number of aliphatic hydroxyl groups excluding tert-OH is 1. The molecule has 0 saturated carbocycles. The van der Waals surface area contributed by atoms with Gasteiger partial charge in [0.2, 0.25) is 10.0 Å². The summed E-state index contributed by atoms with van der Waals surface area (Å²) < 4.78 is 31.6. The minimum atomic E-state index is -4.14. The number of benzene rings is 3. The van der Waals surface area contributed by atoms with Crippen molar-refractivity contribution in [1.29, 1.82) is 0 Å². The van der Waals surface area contributed by atoms with E-state index in [0.717, 1.165) is 18.5 Å². The Hall–Kier alpha value is -3.47. The van der Waals surface area contributed by atoms with Crippen LogP contribution in [0.4, 0.5) is 17.1 Å². The van der Waals surface area contributed by atoms with Crippen LogP contribution in [0.15, 0.2) is 71.6 Å². The van der Waals surface area contributed by atoms with Crippen molar-refractivity contribution in [3.8, 4) is 0 Å². The normalized spacial score (nSPS) is 21.0. The van der Waals surface area contributed by atoms with Gasteiger partial charge in [-0.05, 0) is 59.9 Å². The maximum Gasteiger partial charge on any atom is 0.269 e. The summed E-state index contributed by atoms with van der Waals surface area (Å²) in [5, 5.41) is 24.9. The van der Waals surface area contributed by atoms with E-state index in [1.54, 1.807) is 48.5 Å². The van der Waals surface area contributed by atoms with E-state index in [-0.39, 0.29) is 10.6 Å². The second kappa shape index (κ2) is 11.8. The zero-order valence-electron chi connectivity index (χ0n) is 24.1. The van der Waals surface area contributed by atoms with Crippen LogP contribution in [0.3, 0.4) is 0 Å². The van der Waals surface area contributed by atoms with E-state index in [0.29, 0.717) is 48.1 Å². The molecule has 0 unspecified atom stereocenters. The zero-order valence-corrected chi connectivity index (χ0v) is 24.9. The number of non-ortho nitro benzene ring substituents is 1. The van der Waals surface area contributed by atoms with Gasteiger partial charge in [-0.3, -0.25) is 10.1 Å². The third-order valence-electron chi connectivity index (χ3n) is 8.27. The minimum Gasteiger partial charge on any atom is -0.399 e. The lowest BCUT2D eigenvalue weighted by atomic mass is 9.59. The summed E-state index contributed by atoms with van der Waals surface area (Å²) in [5.41, 5.74) is 5.82. The van der Waals surface area contributed by atoms with E-state index >= 15 is 0 Å². The average Bonchev–Trinajstić information content (AvgIpc) is 3.00. The summed E-state index contributed by atoms with van der Waals surface area (Å²) in [6.45, 7) is 4.05. The summed E-state index contributed by atoms with van der Waals surface area (Å²) in [5.74, 6) is 0. The third-order valence-corrected chi connectivity index (χ3v) is 9.88. The molecule has 3 aromatic carbocycles. The van der Waals surface area contributed by atoms with Crippen molar-refractivity contribution in [2.24, 2.45) is 0 Å². The molecular formula is C31H40N4O5S. The van der Waals surface area contributed by atoms with Crippen molar-refractivity contribution in [2.75, 3.05) is 24.7 Å². The Morgan fingerprint density at radius 1 is 0.976 bits per heavy atom. The summed E-state index contributed by atoms with van der Waals surface area (Å²) in [6.07, 6.45) is 2.36. The van der Waals surface area contributed by atoms with E-state index in [1.807, 2.05) is 38.9 Å². The van der Waals surface area contributed by atoms with E-state index < -0.39 is 32.0 Å². The van der Waals surface area contributed by atoms with Gasteiger partial charge in [0.1, 0.15) is 0 Å². The highest BCUT2D eigenvalue weighted by Gasteiger charge is 2.58. The fourth-order valence-electron chi connectivity index (χ4n) is 6.21. The van der Waals surface area contributed by atoms with E-state index in [9.17, 15) is 23.6 Å². The second-order valence-electron chi connectivity index (χ2n) is 11.2. The first kappa shape index (κ1) is 30.5. The van der Waals surface area contributed by atoms with Gasteiger partial charge in [-0.1, -0.05) is 63.8 Å². The number of nitro groups is 1. The van der Waals surface area contributed by atoms with Crippen LogP contribution >= 0.6 is 0 Å². The zero-order chi connectivity index (χ0) is 30.0. The van der Waals surface area contributed by atoms with Gasteiger partial charge < -0.3 is 15.7 Å². The highest BCUT2D eigenvalue weighted by molar-refractivity contribution is 7.89. The minimum absolute atomic E-state index is 0.0194. The molecule has 10 heteroatoms. The van der Waals surface area contributed by atoms with Crippen molar-refractivity contribution in [3.05, 3.63) is 93.5 Å². The Kier molecular flexibility index (Phi) is 8.77. The number of nitrogens with two attached hydrogens (primary N) is 1. The van der Waals surface area contributed by atoms with Gasteiger partial charge in [-0.15, -0.1) is 0 Å². The number of sulfonamides is 1. The first-order chi connectivity index (χ1) is 19.4. The average molecular weight is 581 g/mol. The second-order valence-corrected chi connectivity index (χ2v) is 12.8. The van der Waals surface area contributed by atoms with Gasteiger partial charge in [0.05, 0.1) is 26.9 Å². The van der Waals surface area contributed by atoms with Crippen molar-refractivity contribution >= 4 is 27.1 Å².